The molecule has 0 fully saturated rings. The number of nitrogens with zero attached hydrogens (tertiary/aromatic N) is 3. The van der Waals surface area contributed by atoms with E-state index in [1.54, 1.807) is 0 Å². The molecule has 2 heterocycles. The molecule has 2 aliphatic rings. The van der Waals surface area contributed by atoms with Crippen molar-refractivity contribution in [1.29, 1.82) is 0 Å². The van der Waals surface area contributed by atoms with E-state index in [0.717, 1.165) is 17.0 Å². The number of allylic oxidation sites excluding steroid dienone is 1. The first-order valence-corrected chi connectivity index (χ1v) is 9.81. The van der Waals surface area contributed by atoms with Crippen molar-refractivity contribution in [2.24, 2.45) is 9.39 Å². The minimum Gasteiger partial charge on any atom is -0.457 e. The van der Waals surface area contributed by atoms with Crippen LogP contribution in [-0.4, -0.2) is 37.2 Å². The van der Waals surface area contributed by atoms with Gasteiger partial charge in [-0.25, -0.2) is 13.4 Å². The molecule has 2 aromatic rings. The summed E-state index contributed by atoms with van der Waals surface area (Å²) >= 11 is 0. The van der Waals surface area contributed by atoms with Crippen LogP contribution in [0.4, 0.5) is 0 Å². The maximum atomic E-state index is 11.9. The van der Waals surface area contributed by atoms with E-state index in [1.807, 2.05) is 72.6 Å². The Hall–Kier alpha value is -2.93. The molecular formula is C19H17N3O3S. The maximum Gasteiger partial charge on any atom is 0.256 e. The molecule has 4 rings (SSSR count). The van der Waals surface area contributed by atoms with E-state index in [2.05, 4.69) is 9.39 Å². The summed E-state index contributed by atoms with van der Waals surface area (Å²) < 4.78 is 33.5. The van der Waals surface area contributed by atoms with E-state index >= 15 is 0 Å². The normalized spacial score (nSPS) is 18.3. The van der Waals surface area contributed by atoms with Crippen LogP contribution in [0.15, 0.2) is 75.9 Å². The standard InChI is InChI=1S/C19H17N3O3S/c1-14-13-22-11-12-26(23,24)21-19(22)18(20-14)15-7-9-17(10-8-15)25-16-5-3-2-4-6-16/h2-10,13H,11-12H2,1H3. The molecule has 0 aromatic heterocycles. The summed E-state index contributed by atoms with van der Waals surface area (Å²) in [6, 6.07) is 16.9. The second-order valence-electron chi connectivity index (χ2n) is 6.06. The number of aliphatic imine (C=N–C) groups is 1. The molecule has 0 bridgehead atoms. The molecule has 0 amide bonds. The van der Waals surface area contributed by atoms with Crippen molar-refractivity contribution >= 4 is 21.6 Å². The molecule has 6 nitrogen and oxygen atoms in total. The van der Waals surface area contributed by atoms with E-state index in [4.69, 9.17) is 4.74 Å². The Balaban J connectivity index is 1.66. The van der Waals surface area contributed by atoms with Gasteiger partial charge in [0.25, 0.3) is 10.0 Å². The molecule has 0 saturated carbocycles. The van der Waals surface area contributed by atoms with Crippen LogP contribution in [0.1, 0.15) is 12.5 Å². The van der Waals surface area contributed by atoms with Gasteiger partial charge in [0.05, 0.1) is 11.4 Å². The Labute approximate surface area is 152 Å². The van der Waals surface area contributed by atoms with Gasteiger partial charge in [-0.3, -0.25) is 0 Å². The lowest BCUT2D eigenvalue weighted by Gasteiger charge is -2.29. The van der Waals surface area contributed by atoms with Gasteiger partial charge in [-0.2, -0.15) is 0 Å². The first-order chi connectivity index (χ1) is 12.5. The van der Waals surface area contributed by atoms with Crippen LogP contribution in [0.3, 0.4) is 0 Å². The van der Waals surface area contributed by atoms with Crippen LogP contribution in [0.5, 0.6) is 11.5 Å². The first kappa shape index (κ1) is 16.5. The molecule has 0 spiro atoms. The fourth-order valence-electron chi connectivity index (χ4n) is 2.83. The Kier molecular flexibility index (Phi) is 4.08. The monoisotopic (exact) mass is 367 g/mol. The highest BCUT2D eigenvalue weighted by molar-refractivity contribution is 7.90. The smallest absolute Gasteiger partial charge is 0.256 e. The summed E-state index contributed by atoms with van der Waals surface area (Å²) in [6.45, 7) is 2.26. The summed E-state index contributed by atoms with van der Waals surface area (Å²) in [5.74, 6) is 1.83. The third kappa shape index (κ3) is 3.39. The summed E-state index contributed by atoms with van der Waals surface area (Å²) in [7, 11) is -3.45. The van der Waals surface area contributed by atoms with Crippen LogP contribution in [0, 0.1) is 0 Å². The Morgan fingerprint density at radius 1 is 1.00 bits per heavy atom. The third-order valence-electron chi connectivity index (χ3n) is 4.04. The SMILES string of the molecule is CC1=CN2CCS(=O)(=O)N=C2C(c2ccc(Oc3ccccc3)cc2)=N1. The lowest BCUT2D eigenvalue weighted by atomic mass is 10.1. The third-order valence-corrected chi connectivity index (χ3v) is 5.19. The average molecular weight is 367 g/mol. The number of para-hydroxylation sites is 1. The molecule has 0 N–H and O–H groups in total. The van der Waals surface area contributed by atoms with Crippen LogP contribution in [-0.2, 0) is 10.0 Å². The Morgan fingerprint density at radius 2 is 1.69 bits per heavy atom. The average Bonchev–Trinajstić information content (AvgIpc) is 2.63. The quantitative estimate of drug-likeness (QED) is 0.835. The zero-order valence-electron chi connectivity index (χ0n) is 14.2. The Morgan fingerprint density at radius 3 is 2.42 bits per heavy atom. The van der Waals surface area contributed by atoms with E-state index in [-0.39, 0.29) is 5.75 Å². The molecule has 0 radical (unpaired) electrons. The van der Waals surface area contributed by atoms with Crippen molar-refractivity contribution in [3.05, 3.63) is 72.1 Å². The van der Waals surface area contributed by atoms with Gasteiger partial charge in [-0.05, 0) is 43.3 Å². The van der Waals surface area contributed by atoms with Crippen LogP contribution < -0.4 is 4.74 Å². The number of sulfonamides is 1. The van der Waals surface area contributed by atoms with Gasteiger partial charge in [0.2, 0.25) is 0 Å². The summed E-state index contributed by atoms with van der Waals surface area (Å²) in [6.07, 6.45) is 1.82. The lowest BCUT2D eigenvalue weighted by Crippen LogP contribution is -2.42. The van der Waals surface area contributed by atoms with Crippen molar-refractivity contribution in [3.63, 3.8) is 0 Å². The van der Waals surface area contributed by atoms with E-state index in [9.17, 15) is 8.42 Å². The van der Waals surface area contributed by atoms with Gasteiger partial charge in [0.1, 0.15) is 17.2 Å². The van der Waals surface area contributed by atoms with E-state index in [0.29, 0.717) is 23.8 Å². The van der Waals surface area contributed by atoms with Crippen LogP contribution in [0.2, 0.25) is 0 Å². The molecule has 0 aliphatic carbocycles. The zero-order valence-corrected chi connectivity index (χ0v) is 15.0. The maximum absolute atomic E-state index is 11.9. The molecule has 0 atom stereocenters. The zero-order chi connectivity index (χ0) is 18.1. The summed E-state index contributed by atoms with van der Waals surface area (Å²) in [5.41, 5.74) is 2.15. The summed E-state index contributed by atoms with van der Waals surface area (Å²) in [4.78, 5) is 6.36. The van der Waals surface area contributed by atoms with Crippen molar-refractivity contribution in [1.82, 2.24) is 4.90 Å². The Bertz CT molecular complexity index is 1020. The highest BCUT2D eigenvalue weighted by Gasteiger charge is 2.29. The van der Waals surface area contributed by atoms with Crippen LogP contribution >= 0.6 is 0 Å². The number of hydrogen-bond donors (Lipinski definition) is 0. The molecule has 0 saturated heterocycles. The van der Waals surface area contributed by atoms with Gasteiger partial charge in [-0.15, -0.1) is 4.40 Å². The molecule has 132 valence electrons. The van der Waals surface area contributed by atoms with Gasteiger partial charge in [0.15, 0.2) is 5.84 Å². The number of ether oxygens (including phenoxy) is 1. The van der Waals surface area contributed by atoms with Crippen molar-refractivity contribution in [3.8, 4) is 11.5 Å². The molecule has 7 heteroatoms. The number of fused-ring (bicyclic) bond motifs is 1. The lowest BCUT2D eigenvalue weighted by molar-refractivity contribution is 0.482. The number of rotatable bonds is 3. The highest BCUT2D eigenvalue weighted by Crippen LogP contribution is 2.24. The minimum atomic E-state index is -3.45. The van der Waals surface area contributed by atoms with Gasteiger partial charge >= 0.3 is 0 Å². The molecular weight excluding hydrogens is 350 g/mol. The van der Waals surface area contributed by atoms with E-state index < -0.39 is 10.0 Å². The molecule has 2 aliphatic heterocycles. The largest absolute Gasteiger partial charge is 0.457 e. The van der Waals surface area contributed by atoms with Crippen molar-refractivity contribution < 1.29 is 13.2 Å². The van der Waals surface area contributed by atoms with Crippen molar-refractivity contribution in [2.75, 3.05) is 12.3 Å². The van der Waals surface area contributed by atoms with Gasteiger partial charge in [-0.1, -0.05) is 18.2 Å². The predicted molar refractivity (Wildman–Crippen MR) is 101 cm³/mol. The summed E-state index contributed by atoms with van der Waals surface area (Å²) in [5, 5.41) is 0. The second-order valence-corrected chi connectivity index (χ2v) is 7.82. The highest BCUT2D eigenvalue weighted by atomic mass is 32.2. The number of hydrogen-bond acceptors (Lipinski definition) is 5. The van der Waals surface area contributed by atoms with Gasteiger partial charge in [0, 0.05) is 18.3 Å². The number of benzene rings is 2. The van der Waals surface area contributed by atoms with Crippen molar-refractivity contribution in [2.45, 2.75) is 6.92 Å². The first-order valence-electron chi connectivity index (χ1n) is 8.20. The van der Waals surface area contributed by atoms with Crippen LogP contribution in [0.25, 0.3) is 0 Å². The molecule has 2 aromatic carbocycles. The second kappa shape index (κ2) is 6.42. The minimum absolute atomic E-state index is 0.0113. The topological polar surface area (TPSA) is 71.3 Å². The fourth-order valence-corrected chi connectivity index (χ4v) is 3.81. The number of amidine groups is 1. The molecule has 0 unspecified atom stereocenters. The fraction of sp³-hybridized carbons (Fsp3) is 0.158. The predicted octanol–water partition coefficient (Wildman–Crippen LogP) is 3.19. The van der Waals surface area contributed by atoms with E-state index in [1.165, 1.54) is 0 Å². The van der Waals surface area contributed by atoms with Gasteiger partial charge < -0.3 is 9.64 Å². The molecule has 26 heavy (non-hydrogen) atoms.